The molecule has 0 aromatic carbocycles. The lowest BCUT2D eigenvalue weighted by atomic mass is 10.2. The van der Waals surface area contributed by atoms with E-state index in [-0.39, 0.29) is 0 Å². The van der Waals surface area contributed by atoms with Gasteiger partial charge in [0.05, 0.1) is 0 Å². The van der Waals surface area contributed by atoms with Gasteiger partial charge in [0.15, 0.2) is 0 Å². The van der Waals surface area contributed by atoms with Crippen LogP contribution in [0.5, 0.6) is 0 Å². The first-order valence-corrected chi connectivity index (χ1v) is 5.08. The van der Waals surface area contributed by atoms with E-state index in [1.54, 1.807) is 0 Å². The Balaban J connectivity index is 4.24. The molecule has 0 atom stereocenters. The van der Waals surface area contributed by atoms with E-state index in [0.29, 0.717) is 0 Å². The van der Waals surface area contributed by atoms with Crippen molar-refractivity contribution in [1.82, 2.24) is 4.90 Å². The summed E-state index contributed by atoms with van der Waals surface area (Å²) in [5, 5.41) is 0. The predicted molar refractivity (Wildman–Crippen MR) is 64.9 cm³/mol. The van der Waals surface area contributed by atoms with Crippen molar-refractivity contribution in [3.63, 3.8) is 0 Å². The maximum Gasteiger partial charge on any atom is 0.0168 e. The van der Waals surface area contributed by atoms with E-state index < -0.39 is 0 Å². The topological polar surface area (TPSA) is 3.24 Å². The van der Waals surface area contributed by atoms with Gasteiger partial charge in [0.1, 0.15) is 0 Å². The van der Waals surface area contributed by atoms with Crippen LogP contribution in [0, 0.1) is 0 Å². The molecule has 0 radical (unpaired) electrons. The highest BCUT2D eigenvalue weighted by molar-refractivity contribution is 5.11. The molecule has 0 bridgehead atoms. The van der Waals surface area contributed by atoms with Crippen molar-refractivity contribution in [1.29, 1.82) is 0 Å². The standard InChI is InChI=1S/C13H21N/c1-5-8-9-10-12-13(11-6-2)14(4)7-3/h5,7-11H,3,6,12H2,1-2,4H3/b8-5-,10-9?,13-11+. The van der Waals surface area contributed by atoms with Gasteiger partial charge < -0.3 is 4.90 Å². The number of hydrogen-bond acceptors (Lipinski definition) is 1. The molecule has 0 unspecified atom stereocenters. The van der Waals surface area contributed by atoms with Crippen molar-refractivity contribution in [3.8, 4) is 0 Å². The number of nitrogens with zero attached hydrogens (tertiary/aromatic N) is 1. The Morgan fingerprint density at radius 2 is 2.07 bits per heavy atom. The van der Waals surface area contributed by atoms with E-state index in [1.807, 2.05) is 32.3 Å². The molecule has 0 spiro atoms. The van der Waals surface area contributed by atoms with Crippen molar-refractivity contribution in [2.75, 3.05) is 7.05 Å². The molecule has 0 rings (SSSR count). The fourth-order valence-electron chi connectivity index (χ4n) is 1.10. The second-order valence-electron chi connectivity index (χ2n) is 3.06. The van der Waals surface area contributed by atoms with Gasteiger partial charge in [-0.05, 0) is 19.5 Å². The van der Waals surface area contributed by atoms with Crippen LogP contribution in [0.1, 0.15) is 26.7 Å². The van der Waals surface area contributed by atoms with Gasteiger partial charge in [-0.15, -0.1) is 0 Å². The molecule has 0 aliphatic heterocycles. The van der Waals surface area contributed by atoms with Crippen LogP contribution in [0.4, 0.5) is 0 Å². The molecule has 0 saturated heterocycles. The first-order chi connectivity index (χ1) is 6.76. The molecule has 0 heterocycles. The highest BCUT2D eigenvalue weighted by Crippen LogP contribution is 2.09. The van der Waals surface area contributed by atoms with Gasteiger partial charge in [-0.1, -0.05) is 43.9 Å². The Bertz CT molecular complexity index is 234. The highest BCUT2D eigenvalue weighted by atomic mass is 15.1. The summed E-state index contributed by atoms with van der Waals surface area (Å²) in [5.74, 6) is 0. The summed E-state index contributed by atoms with van der Waals surface area (Å²) in [7, 11) is 2.03. The highest BCUT2D eigenvalue weighted by Gasteiger charge is 1.96. The van der Waals surface area contributed by atoms with E-state index in [0.717, 1.165) is 12.8 Å². The maximum atomic E-state index is 3.76. The molecular formula is C13H21N. The van der Waals surface area contributed by atoms with Crippen LogP contribution in [0.2, 0.25) is 0 Å². The Morgan fingerprint density at radius 1 is 1.36 bits per heavy atom. The summed E-state index contributed by atoms with van der Waals surface area (Å²) in [6.07, 6.45) is 14.4. The van der Waals surface area contributed by atoms with Crippen LogP contribution >= 0.6 is 0 Å². The second-order valence-corrected chi connectivity index (χ2v) is 3.06. The lowest BCUT2D eigenvalue weighted by Gasteiger charge is -2.16. The quantitative estimate of drug-likeness (QED) is 0.576. The minimum Gasteiger partial charge on any atom is -0.355 e. The normalized spacial score (nSPS) is 12.6. The average Bonchev–Trinajstić information content (AvgIpc) is 2.21. The van der Waals surface area contributed by atoms with Crippen LogP contribution in [0.3, 0.4) is 0 Å². The summed E-state index contributed by atoms with van der Waals surface area (Å²) in [6, 6.07) is 0. The third-order valence-corrected chi connectivity index (χ3v) is 1.93. The lowest BCUT2D eigenvalue weighted by molar-refractivity contribution is 0.553. The van der Waals surface area contributed by atoms with Crippen LogP contribution in [-0.4, -0.2) is 11.9 Å². The summed E-state index contributed by atoms with van der Waals surface area (Å²) < 4.78 is 0. The van der Waals surface area contributed by atoms with Crippen molar-refractivity contribution in [3.05, 3.63) is 48.9 Å². The van der Waals surface area contributed by atoms with Gasteiger partial charge in [0.25, 0.3) is 0 Å². The number of hydrogen-bond donors (Lipinski definition) is 0. The molecular weight excluding hydrogens is 170 g/mol. The molecule has 0 saturated carbocycles. The molecule has 14 heavy (non-hydrogen) atoms. The molecule has 1 nitrogen and oxygen atoms in total. The smallest absolute Gasteiger partial charge is 0.0168 e. The SMILES string of the molecule is C=CN(C)/C(=C/CC)CC=C/C=C\C. The predicted octanol–water partition coefficient (Wildman–Crippen LogP) is 3.88. The lowest BCUT2D eigenvalue weighted by Crippen LogP contribution is -2.08. The van der Waals surface area contributed by atoms with Gasteiger partial charge in [-0.3, -0.25) is 0 Å². The van der Waals surface area contributed by atoms with E-state index in [1.165, 1.54) is 5.70 Å². The largest absolute Gasteiger partial charge is 0.355 e. The third-order valence-electron chi connectivity index (χ3n) is 1.93. The van der Waals surface area contributed by atoms with Crippen molar-refractivity contribution >= 4 is 0 Å². The molecule has 78 valence electrons. The Labute approximate surface area is 88.1 Å². The average molecular weight is 191 g/mol. The van der Waals surface area contributed by atoms with Crippen LogP contribution in [0.25, 0.3) is 0 Å². The van der Waals surface area contributed by atoms with Gasteiger partial charge >= 0.3 is 0 Å². The van der Waals surface area contributed by atoms with E-state index in [4.69, 9.17) is 0 Å². The number of rotatable bonds is 6. The van der Waals surface area contributed by atoms with Gasteiger partial charge in [0, 0.05) is 19.2 Å². The summed E-state index contributed by atoms with van der Waals surface area (Å²) in [5.41, 5.74) is 1.29. The fourth-order valence-corrected chi connectivity index (χ4v) is 1.10. The Morgan fingerprint density at radius 3 is 2.57 bits per heavy atom. The van der Waals surface area contributed by atoms with Crippen molar-refractivity contribution in [2.45, 2.75) is 26.7 Å². The zero-order valence-electron chi connectivity index (χ0n) is 9.53. The fraction of sp³-hybridized carbons (Fsp3) is 0.385. The maximum absolute atomic E-state index is 3.76. The molecule has 0 fully saturated rings. The minimum absolute atomic E-state index is 0.959. The minimum atomic E-state index is 0.959. The zero-order valence-corrected chi connectivity index (χ0v) is 9.53. The van der Waals surface area contributed by atoms with E-state index >= 15 is 0 Å². The number of allylic oxidation sites excluding steroid dienone is 5. The first kappa shape index (κ1) is 12.8. The first-order valence-electron chi connectivity index (χ1n) is 5.08. The van der Waals surface area contributed by atoms with Gasteiger partial charge in [-0.2, -0.15) is 0 Å². The van der Waals surface area contributed by atoms with Crippen molar-refractivity contribution < 1.29 is 0 Å². The third kappa shape index (κ3) is 5.41. The molecule has 0 N–H and O–H groups in total. The Hall–Kier alpha value is -1.24. The summed E-state index contributed by atoms with van der Waals surface area (Å²) >= 11 is 0. The second kappa shape index (κ2) is 8.36. The van der Waals surface area contributed by atoms with Crippen LogP contribution < -0.4 is 0 Å². The zero-order chi connectivity index (χ0) is 10.8. The van der Waals surface area contributed by atoms with Crippen LogP contribution in [-0.2, 0) is 0 Å². The van der Waals surface area contributed by atoms with E-state index in [2.05, 4.69) is 36.6 Å². The molecule has 0 aromatic heterocycles. The summed E-state index contributed by atoms with van der Waals surface area (Å²) in [6.45, 7) is 7.92. The van der Waals surface area contributed by atoms with Gasteiger partial charge in [-0.25, -0.2) is 0 Å². The van der Waals surface area contributed by atoms with E-state index in [9.17, 15) is 0 Å². The summed E-state index contributed by atoms with van der Waals surface area (Å²) in [4.78, 5) is 2.06. The van der Waals surface area contributed by atoms with Crippen molar-refractivity contribution in [2.24, 2.45) is 0 Å². The molecule has 0 amide bonds. The van der Waals surface area contributed by atoms with Gasteiger partial charge in [0.2, 0.25) is 0 Å². The Kier molecular flexibility index (Phi) is 7.62. The molecule has 0 aliphatic rings. The molecule has 0 aromatic rings. The molecule has 1 heteroatoms. The van der Waals surface area contributed by atoms with Crippen LogP contribution in [0.15, 0.2) is 48.9 Å². The monoisotopic (exact) mass is 191 g/mol. The molecule has 0 aliphatic carbocycles.